The monoisotopic (exact) mass is 374 g/mol. The first kappa shape index (κ1) is 18.8. The number of nitrogens with zero attached hydrogens (tertiary/aromatic N) is 2. The number of allylic oxidation sites excluding steroid dienone is 6. The van der Waals surface area contributed by atoms with E-state index in [4.69, 9.17) is 11.6 Å². The first-order valence-electron chi connectivity index (χ1n) is 9.09. The molecule has 0 N–H and O–H groups in total. The van der Waals surface area contributed by atoms with Crippen molar-refractivity contribution in [2.45, 2.75) is 39.2 Å². The molecule has 2 atom stereocenters. The lowest BCUT2D eigenvalue weighted by atomic mass is 9.96. The fraction of sp³-hybridized carbons (Fsp3) is 0.429. The molecule has 0 aromatic carbocycles. The lowest BCUT2D eigenvalue weighted by molar-refractivity contribution is -0.135. The van der Waals surface area contributed by atoms with Crippen molar-refractivity contribution in [1.82, 2.24) is 9.88 Å². The Morgan fingerprint density at radius 3 is 2.81 bits per heavy atom. The lowest BCUT2D eigenvalue weighted by Crippen LogP contribution is -2.33. The molecule has 0 saturated heterocycles. The summed E-state index contributed by atoms with van der Waals surface area (Å²) in [4.78, 5) is 18.9. The van der Waals surface area contributed by atoms with E-state index in [2.05, 4.69) is 11.9 Å². The van der Waals surface area contributed by atoms with E-state index >= 15 is 0 Å². The third kappa shape index (κ3) is 4.24. The van der Waals surface area contributed by atoms with Gasteiger partial charge < -0.3 is 4.90 Å². The highest BCUT2D eigenvalue weighted by atomic mass is 35.5. The molecule has 3 nitrogen and oxygen atoms in total. The van der Waals surface area contributed by atoms with Crippen LogP contribution in [0.25, 0.3) is 5.57 Å². The van der Waals surface area contributed by atoms with Crippen LogP contribution in [0.3, 0.4) is 0 Å². The molecule has 1 heterocycles. The Bertz CT molecular complexity index is 767. The molecule has 2 aliphatic carbocycles. The molecule has 0 bridgehead atoms. The smallest absolute Gasteiger partial charge is 0.225 e. The van der Waals surface area contributed by atoms with Crippen LogP contribution >= 0.6 is 11.6 Å². The van der Waals surface area contributed by atoms with E-state index in [1.165, 1.54) is 12.2 Å². The molecule has 0 spiro atoms. The van der Waals surface area contributed by atoms with Crippen molar-refractivity contribution in [3.63, 3.8) is 0 Å². The predicted octanol–water partition coefficient (Wildman–Crippen LogP) is 5.24. The Labute approximate surface area is 159 Å². The van der Waals surface area contributed by atoms with Gasteiger partial charge in [0, 0.05) is 31.3 Å². The van der Waals surface area contributed by atoms with Crippen LogP contribution in [0.2, 0.25) is 0 Å². The Hall–Kier alpha value is -1.94. The van der Waals surface area contributed by atoms with Gasteiger partial charge in [-0.15, -0.1) is 0 Å². The first-order valence-corrected chi connectivity index (χ1v) is 9.47. The second-order valence-electron chi connectivity index (χ2n) is 7.20. The van der Waals surface area contributed by atoms with Gasteiger partial charge in [0.25, 0.3) is 0 Å². The minimum atomic E-state index is -0.334. The minimum absolute atomic E-state index is 0.148. The minimum Gasteiger partial charge on any atom is -0.341 e. The zero-order chi connectivity index (χ0) is 18.7. The van der Waals surface area contributed by atoms with E-state index in [0.717, 1.165) is 30.4 Å². The second kappa shape index (κ2) is 8.17. The molecule has 1 unspecified atom stereocenters. The summed E-state index contributed by atoms with van der Waals surface area (Å²) in [6.45, 7) is 2.70. The zero-order valence-electron chi connectivity index (χ0n) is 15.2. The van der Waals surface area contributed by atoms with E-state index in [1.807, 2.05) is 25.3 Å². The maximum absolute atomic E-state index is 13.4. The maximum atomic E-state index is 13.4. The molecule has 1 aromatic heterocycles. The number of aromatic nitrogens is 1. The number of rotatable bonds is 4. The maximum Gasteiger partial charge on any atom is 0.225 e. The average molecular weight is 375 g/mol. The van der Waals surface area contributed by atoms with Crippen LogP contribution in [0, 0.1) is 11.8 Å². The summed E-state index contributed by atoms with van der Waals surface area (Å²) in [6, 6.07) is 3.82. The van der Waals surface area contributed by atoms with Gasteiger partial charge in [0.15, 0.2) is 0 Å². The quantitative estimate of drug-likeness (QED) is 0.722. The summed E-state index contributed by atoms with van der Waals surface area (Å²) >= 11 is 6.19. The number of carbonyl (C=O) groups is 1. The van der Waals surface area contributed by atoms with Crippen LogP contribution in [0.5, 0.6) is 0 Å². The lowest BCUT2D eigenvalue weighted by Gasteiger charge is -2.23. The van der Waals surface area contributed by atoms with E-state index in [-0.39, 0.29) is 17.7 Å². The summed E-state index contributed by atoms with van der Waals surface area (Å²) in [6.07, 6.45) is 10.2. The van der Waals surface area contributed by atoms with Crippen LogP contribution in [-0.4, -0.2) is 22.8 Å². The van der Waals surface area contributed by atoms with E-state index in [1.54, 1.807) is 11.1 Å². The number of pyridine rings is 1. The molecule has 1 amide bonds. The molecule has 0 aliphatic heterocycles. The number of amides is 1. The molecule has 1 fully saturated rings. The van der Waals surface area contributed by atoms with Gasteiger partial charge in [-0.05, 0) is 49.0 Å². The molecular weight excluding hydrogens is 351 g/mol. The van der Waals surface area contributed by atoms with Crippen LogP contribution in [0.1, 0.15) is 43.9 Å². The molecule has 0 radical (unpaired) electrons. The third-order valence-corrected chi connectivity index (χ3v) is 5.54. The number of hydrogen-bond donors (Lipinski definition) is 0. The number of halogens is 2. The normalized spacial score (nSPS) is 23.0. The van der Waals surface area contributed by atoms with E-state index in [9.17, 15) is 9.18 Å². The first-order chi connectivity index (χ1) is 12.5. The van der Waals surface area contributed by atoms with Crippen molar-refractivity contribution >= 4 is 23.1 Å². The van der Waals surface area contributed by atoms with Crippen LogP contribution < -0.4 is 0 Å². The van der Waals surface area contributed by atoms with Gasteiger partial charge in [-0.2, -0.15) is 0 Å². The van der Waals surface area contributed by atoms with Crippen LogP contribution in [0.4, 0.5) is 4.39 Å². The van der Waals surface area contributed by atoms with Gasteiger partial charge in [-0.1, -0.05) is 37.1 Å². The Balaban J connectivity index is 1.67. The summed E-state index contributed by atoms with van der Waals surface area (Å²) in [5, 5.41) is 0.346. The third-order valence-electron chi connectivity index (χ3n) is 5.23. The largest absolute Gasteiger partial charge is 0.341 e. The van der Waals surface area contributed by atoms with E-state index < -0.39 is 0 Å². The number of hydrogen-bond acceptors (Lipinski definition) is 2. The molecule has 1 aromatic rings. The Morgan fingerprint density at radius 2 is 2.15 bits per heavy atom. The van der Waals surface area contributed by atoms with E-state index in [0.29, 0.717) is 29.6 Å². The highest BCUT2D eigenvalue weighted by molar-refractivity contribution is 6.37. The molecule has 138 valence electrons. The van der Waals surface area contributed by atoms with Crippen molar-refractivity contribution in [2.75, 3.05) is 7.05 Å². The van der Waals surface area contributed by atoms with Crippen molar-refractivity contribution in [2.24, 2.45) is 11.8 Å². The molecule has 1 saturated carbocycles. The van der Waals surface area contributed by atoms with Crippen LogP contribution in [-0.2, 0) is 11.3 Å². The van der Waals surface area contributed by atoms with Gasteiger partial charge in [-0.25, -0.2) is 4.39 Å². The fourth-order valence-corrected chi connectivity index (χ4v) is 3.97. The summed E-state index contributed by atoms with van der Waals surface area (Å²) < 4.78 is 13.4. The van der Waals surface area contributed by atoms with Crippen molar-refractivity contribution in [3.8, 4) is 0 Å². The Kier molecular flexibility index (Phi) is 5.92. The SMILES string of the molecule is CC1CCC[C@H]1C(=O)N(C)Cc1ccc(C2=CCC=C(F)C=C2Cl)nc1. The fourth-order valence-electron chi connectivity index (χ4n) is 3.70. The summed E-state index contributed by atoms with van der Waals surface area (Å²) in [7, 11) is 1.85. The van der Waals surface area contributed by atoms with Gasteiger partial charge in [0.1, 0.15) is 5.83 Å². The second-order valence-corrected chi connectivity index (χ2v) is 7.60. The number of carbonyl (C=O) groups excluding carboxylic acids is 1. The highest BCUT2D eigenvalue weighted by Gasteiger charge is 2.31. The van der Waals surface area contributed by atoms with Gasteiger partial charge >= 0.3 is 0 Å². The molecule has 26 heavy (non-hydrogen) atoms. The predicted molar refractivity (Wildman–Crippen MR) is 103 cm³/mol. The molecule has 5 heteroatoms. The van der Waals surface area contributed by atoms with Crippen molar-refractivity contribution in [3.05, 3.63) is 58.7 Å². The Morgan fingerprint density at radius 1 is 1.35 bits per heavy atom. The van der Waals surface area contributed by atoms with Crippen LogP contribution in [0.15, 0.2) is 47.4 Å². The molecular formula is C21H24ClFN2O. The van der Waals surface area contributed by atoms with Crippen molar-refractivity contribution in [1.29, 1.82) is 0 Å². The van der Waals surface area contributed by atoms with Gasteiger partial charge in [0.05, 0.1) is 10.7 Å². The standard InChI is InChI=1S/C21H24ClFN2O/c1-14-5-3-7-17(14)21(26)25(2)13-15-9-10-20(24-12-15)18-8-4-6-16(23)11-19(18)22/h6,8-12,14,17H,3-5,7,13H2,1-2H3/t14?,17-/m1/s1. The summed E-state index contributed by atoms with van der Waals surface area (Å²) in [5.41, 5.74) is 2.40. The zero-order valence-corrected chi connectivity index (χ0v) is 16.0. The topological polar surface area (TPSA) is 33.2 Å². The van der Waals surface area contributed by atoms with Gasteiger partial charge in [0.2, 0.25) is 5.91 Å². The molecule has 3 rings (SSSR count). The average Bonchev–Trinajstić information content (AvgIpc) is 2.96. The summed E-state index contributed by atoms with van der Waals surface area (Å²) in [5.74, 6) is 0.502. The van der Waals surface area contributed by atoms with Crippen molar-refractivity contribution < 1.29 is 9.18 Å². The van der Waals surface area contributed by atoms with Gasteiger partial charge in [-0.3, -0.25) is 9.78 Å². The highest BCUT2D eigenvalue weighted by Crippen LogP contribution is 2.33. The molecule has 2 aliphatic rings.